The molecular formula is C19H18N2O5S2. The van der Waals surface area contributed by atoms with Gasteiger partial charge in [-0.1, -0.05) is 6.07 Å². The van der Waals surface area contributed by atoms with Crippen molar-refractivity contribution in [3.8, 4) is 16.3 Å². The molecule has 0 aliphatic heterocycles. The van der Waals surface area contributed by atoms with Crippen LogP contribution in [0.2, 0.25) is 0 Å². The van der Waals surface area contributed by atoms with Gasteiger partial charge in [0.15, 0.2) is 0 Å². The zero-order valence-electron chi connectivity index (χ0n) is 15.2. The van der Waals surface area contributed by atoms with Crippen LogP contribution < -0.4 is 9.46 Å². The molecule has 0 saturated carbocycles. The quantitative estimate of drug-likeness (QED) is 0.593. The summed E-state index contributed by atoms with van der Waals surface area (Å²) in [5.41, 5.74) is 1.71. The van der Waals surface area contributed by atoms with Gasteiger partial charge in [-0.05, 0) is 49.5 Å². The number of aromatic nitrogens is 1. The van der Waals surface area contributed by atoms with E-state index in [1.165, 1.54) is 42.6 Å². The fraction of sp³-hybridized carbons (Fsp3) is 0.158. The number of ether oxygens (including phenoxy) is 2. The Balaban J connectivity index is 1.67. The summed E-state index contributed by atoms with van der Waals surface area (Å²) >= 11 is 1.44. The van der Waals surface area contributed by atoms with Crippen molar-refractivity contribution in [3.63, 3.8) is 0 Å². The largest absolute Gasteiger partial charge is 0.497 e. The molecule has 0 radical (unpaired) electrons. The number of benzene rings is 2. The summed E-state index contributed by atoms with van der Waals surface area (Å²) in [7, 11) is -0.717. The highest BCUT2D eigenvalue weighted by molar-refractivity contribution is 7.89. The van der Waals surface area contributed by atoms with Crippen molar-refractivity contribution in [2.45, 2.75) is 11.5 Å². The van der Waals surface area contributed by atoms with Crippen LogP contribution in [0.3, 0.4) is 0 Å². The number of carbonyl (C=O) groups excluding carboxylic acids is 1. The number of carbonyl (C=O) groups is 1. The third-order valence-electron chi connectivity index (χ3n) is 3.89. The lowest BCUT2D eigenvalue weighted by Crippen LogP contribution is -2.19. The Kier molecular flexibility index (Phi) is 6.08. The van der Waals surface area contributed by atoms with Gasteiger partial charge in [0.05, 0.1) is 23.3 Å². The molecule has 28 heavy (non-hydrogen) atoms. The van der Waals surface area contributed by atoms with E-state index in [9.17, 15) is 13.2 Å². The second-order valence-electron chi connectivity index (χ2n) is 5.68. The number of hydrogen-bond donors (Lipinski definition) is 1. The summed E-state index contributed by atoms with van der Waals surface area (Å²) in [6.45, 7) is -0.00546. The second kappa shape index (κ2) is 8.51. The van der Waals surface area contributed by atoms with Crippen molar-refractivity contribution in [1.29, 1.82) is 0 Å². The van der Waals surface area contributed by atoms with Gasteiger partial charge in [-0.25, -0.2) is 22.9 Å². The lowest BCUT2D eigenvalue weighted by atomic mass is 10.2. The van der Waals surface area contributed by atoms with Gasteiger partial charge in [-0.2, -0.15) is 0 Å². The van der Waals surface area contributed by atoms with Gasteiger partial charge in [0, 0.05) is 10.9 Å². The smallest absolute Gasteiger partial charge is 0.338 e. The van der Waals surface area contributed by atoms with Crippen molar-refractivity contribution in [3.05, 3.63) is 65.2 Å². The normalized spacial score (nSPS) is 11.2. The maximum absolute atomic E-state index is 12.3. The van der Waals surface area contributed by atoms with Gasteiger partial charge in [0.1, 0.15) is 17.4 Å². The standard InChI is InChI=1S/C19H18N2O5S2/c1-20-28(23,24)17-5-3-4-14(10-17)19(22)26-11-15-12-27-18(21-15)13-6-8-16(25-2)9-7-13/h3-10,12,20H,11H2,1-2H3. The molecule has 0 aliphatic rings. The molecule has 9 heteroatoms. The summed E-state index contributed by atoms with van der Waals surface area (Å²) in [6.07, 6.45) is 0. The number of rotatable bonds is 7. The van der Waals surface area contributed by atoms with Gasteiger partial charge in [-0.3, -0.25) is 0 Å². The van der Waals surface area contributed by atoms with Crippen LogP contribution in [0, 0.1) is 0 Å². The Morgan fingerprint density at radius 2 is 1.93 bits per heavy atom. The molecule has 0 unspecified atom stereocenters. The van der Waals surface area contributed by atoms with Crippen LogP contribution >= 0.6 is 11.3 Å². The first-order chi connectivity index (χ1) is 13.4. The molecule has 0 spiro atoms. The predicted octanol–water partition coefficient (Wildman–Crippen LogP) is 3.08. The number of sulfonamides is 1. The SMILES string of the molecule is CNS(=O)(=O)c1cccc(C(=O)OCc2csc(-c3ccc(OC)cc3)n2)c1. The van der Waals surface area contributed by atoms with E-state index in [0.717, 1.165) is 16.3 Å². The van der Waals surface area contributed by atoms with E-state index in [1.807, 2.05) is 29.6 Å². The van der Waals surface area contributed by atoms with Crippen LogP contribution in [0.1, 0.15) is 16.1 Å². The first-order valence-electron chi connectivity index (χ1n) is 8.22. The second-order valence-corrected chi connectivity index (χ2v) is 8.43. The van der Waals surface area contributed by atoms with Gasteiger partial charge in [0.2, 0.25) is 10.0 Å². The van der Waals surface area contributed by atoms with E-state index in [0.29, 0.717) is 5.69 Å². The number of hydrogen-bond acceptors (Lipinski definition) is 7. The molecule has 3 rings (SSSR count). The van der Waals surface area contributed by atoms with Crippen LogP contribution in [0.4, 0.5) is 0 Å². The summed E-state index contributed by atoms with van der Waals surface area (Å²) in [5, 5.41) is 2.62. The van der Waals surface area contributed by atoms with Gasteiger partial charge in [-0.15, -0.1) is 11.3 Å². The summed E-state index contributed by atoms with van der Waals surface area (Å²) in [6, 6.07) is 13.2. The van der Waals surface area contributed by atoms with Crippen LogP contribution in [-0.2, 0) is 21.4 Å². The van der Waals surface area contributed by atoms with E-state index in [-0.39, 0.29) is 17.1 Å². The minimum Gasteiger partial charge on any atom is -0.497 e. The highest BCUT2D eigenvalue weighted by Gasteiger charge is 2.15. The topological polar surface area (TPSA) is 94.6 Å². The molecule has 0 fully saturated rings. The third kappa shape index (κ3) is 4.56. The molecule has 2 aromatic carbocycles. The van der Waals surface area contributed by atoms with Crippen LogP contribution in [0.25, 0.3) is 10.6 Å². The predicted molar refractivity (Wildman–Crippen MR) is 106 cm³/mol. The zero-order valence-corrected chi connectivity index (χ0v) is 16.8. The van der Waals surface area contributed by atoms with Gasteiger partial charge < -0.3 is 9.47 Å². The molecule has 1 N–H and O–H groups in total. The maximum atomic E-state index is 12.3. The van der Waals surface area contributed by atoms with Crippen molar-refractivity contribution >= 4 is 27.3 Å². The van der Waals surface area contributed by atoms with E-state index in [2.05, 4.69) is 9.71 Å². The minimum absolute atomic E-state index is 0.0000923. The molecule has 0 amide bonds. The maximum Gasteiger partial charge on any atom is 0.338 e. The van der Waals surface area contributed by atoms with E-state index in [4.69, 9.17) is 9.47 Å². The fourth-order valence-corrected chi connectivity index (χ4v) is 3.96. The average Bonchev–Trinajstić information content (AvgIpc) is 3.21. The number of nitrogens with zero attached hydrogens (tertiary/aromatic N) is 1. The Hall–Kier alpha value is -2.75. The first kappa shape index (κ1) is 20.0. The lowest BCUT2D eigenvalue weighted by Gasteiger charge is -2.06. The van der Waals surface area contributed by atoms with Crippen molar-refractivity contribution in [2.75, 3.05) is 14.2 Å². The average molecular weight is 418 g/mol. The van der Waals surface area contributed by atoms with Gasteiger partial charge in [0.25, 0.3) is 0 Å². The monoisotopic (exact) mass is 418 g/mol. The fourth-order valence-electron chi connectivity index (χ4n) is 2.37. The molecule has 1 heterocycles. The summed E-state index contributed by atoms with van der Waals surface area (Å²) in [5.74, 6) is 0.143. The molecule has 0 atom stereocenters. The van der Waals surface area contributed by atoms with E-state index in [1.54, 1.807) is 7.11 Å². The van der Waals surface area contributed by atoms with Crippen LogP contribution in [0.15, 0.2) is 58.8 Å². The Labute approximate surface area is 167 Å². The first-order valence-corrected chi connectivity index (χ1v) is 10.6. The number of nitrogens with one attached hydrogen (secondary N) is 1. The third-order valence-corrected chi connectivity index (χ3v) is 6.24. The highest BCUT2D eigenvalue weighted by atomic mass is 32.2. The molecule has 146 valence electrons. The minimum atomic E-state index is -3.63. The van der Waals surface area contributed by atoms with Crippen molar-refractivity contribution in [2.24, 2.45) is 0 Å². The van der Waals surface area contributed by atoms with Crippen LogP contribution in [0.5, 0.6) is 5.75 Å². The molecule has 0 saturated heterocycles. The molecule has 3 aromatic rings. The van der Waals surface area contributed by atoms with Gasteiger partial charge >= 0.3 is 5.97 Å². The highest BCUT2D eigenvalue weighted by Crippen LogP contribution is 2.26. The molecular weight excluding hydrogens is 400 g/mol. The van der Waals surface area contributed by atoms with Crippen molar-refractivity contribution < 1.29 is 22.7 Å². The molecule has 0 aliphatic carbocycles. The van der Waals surface area contributed by atoms with Crippen LogP contribution in [-0.4, -0.2) is 33.5 Å². The Morgan fingerprint density at radius 1 is 1.18 bits per heavy atom. The molecule has 7 nitrogen and oxygen atoms in total. The molecule has 0 bridgehead atoms. The number of methoxy groups -OCH3 is 1. The van der Waals surface area contributed by atoms with E-state index >= 15 is 0 Å². The van der Waals surface area contributed by atoms with E-state index < -0.39 is 16.0 Å². The number of esters is 1. The number of thiazole rings is 1. The summed E-state index contributed by atoms with van der Waals surface area (Å²) in [4.78, 5) is 16.7. The summed E-state index contributed by atoms with van der Waals surface area (Å²) < 4.78 is 36.3. The molecule has 1 aromatic heterocycles. The Bertz CT molecular complexity index is 1080. The lowest BCUT2D eigenvalue weighted by molar-refractivity contribution is 0.0468. The van der Waals surface area contributed by atoms with Crippen molar-refractivity contribution in [1.82, 2.24) is 9.71 Å². The zero-order chi connectivity index (χ0) is 20.1. The Morgan fingerprint density at radius 3 is 2.61 bits per heavy atom.